The van der Waals surface area contributed by atoms with Crippen molar-refractivity contribution in [2.24, 2.45) is 0 Å². The molecule has 1 N–H and O–H groups in total. The second kappa shape index (κ2) is 15.9. The van der Waals surface area contributed by atoms with Crippen LogP contribution < -0.4 is 0 Å². The molecule has 0 atom stereocenters. The maximum atomic E-state index is 11.3. The topological polar surface area (TPSA) is 63.6 Å². The largest absolute Gasteiger partial charge is 0.481 e. The third kappa shape index (κ3) is 17.3. The highest BCUT2D eigenvalue weighted by molar-refractivity contribution is 5.76. The van der Waals surface area contributed by atoms with E-state index >= 15 is 0 Å². The molecule has 0 radical (unpaired) electrons. The Kier molecular flexibility index (Phi) is 14.7. The molecule has 0 unspecified atom stereocenters. The van der Waals surface area contributed by atoms with Gasteiger partial charge in [-0.3, -0.25) is 9.59 Å². The van der Waals surface area contributed by atoms with Gasteiger partial charge in [-0.1, -0.05) is 40.5 Å². The van der Waals surface area contributed by atoms with Gasteiger partial charge in [0.25, 0.3) is 0 Å². The maximum absolute atomic E-state index is 11.3. The summed E-state index contributed by atoms with van der Waals surface area (Å²) >= 11 is 0. The second-order valence-corrected chi connectivity index (χ2v) is 7.63. The number of carbonyl (C=O) groups is 2. The first-order valence-corrected chi connectivity index (χ1v) is 10.2. The maximum Gasteiger partial charge on any atom is 0.306 e. The number of ether oxygens (including phenoxy) is 1. The Morgan fingerprint density at radius 1 is 0.679 bits per heavy atom. The van der Waals surface area contributed by atoms with Crippen molar-refractivity contribution in [3.8, 4) is 0 Å². The summed E-state index contributed by atoms with van der Waals surface area (Å²) in [5.41, 5.74) is 5.42. The number of hydrogen-bond acceptors (Lipinski definition) is 3. The van der Waals surface area contributed by atoms with Gasteiger partial charge in [-0.2, -0.15) is 0 Å². The molecule has 0 aromatic carbocycles. The summed E-state index contributed by atoms with van der Waals surface area (Å²) in [5, 5.41) is 8.52. The number of esters is 1. The zero-order chi connectivity index (χ0) is 21.4. The van der Waals surface area contributed by atoms with Crippen LogP contribution in [-0.4, -0.2) is 23.7 Å². The third-order valence-corrected chi connectivity index (χ3v) is 4.37. The van der Waals surface area contributed by atoms with Crippen LogP contribution in [0.2, 0.25) is 0 Å². The zero-order valence-electron chi connectivity index (χ0n) is 18.3. The van der Waals surface area contributed by atoms with E-state index < -0.39 is 11.9 Å². The number of allylic oxidation sites excluding steroid dienone is 7. The van der Waals surface area contributed by atoms with Crippen molar-refractivity contribution in [1.29, 1.82) is 0 Å². The number of carbonyl (C=O) groups excluding carboxylic acids is 1. The lowest BCUT2D eigenvalue weighted by Gasteiger charge is -2.04. The van der Waals surface area contributed by atoms with Gasteiger partial charge in [0.15, 0.2) is 0 Å². The minimum absolute atomic E-state index is 0.0764. The van der Waals surface area contributed by atoms with E-state index in [0.29, 0.717) is 0 Å². The first kappa shape index (κ1) is 25.9. The molecule has 0 saturated carbocycles. The smallest absolute Gasteiger partial charge is 0.306 e. The molecular weight excluding hydrogens is 352 g/mol. The lowest BCUT2D eigenvalue weighted by atomic mass is 10.0. The molecular formula is C24H38O4. The molecule has 0 bridgehead atoms. The monoisotopic (exact) mass is 390 g/mol. The predicted octanol–water partition coefficient (Wildman–Crippen LogP) is 6.54. The summed E-state index contributed by atoms with van der Waals surface area (Å²) < 4.78 is 5.00. The van der Waals surface area contributed by atoms with Crippen LogP contribution in [0.4, 0.5) is 0 Å². The molecule has 28 heavy (non-hydrogen) atoms. The van der Waals surface area contributed by atoms with Crippen LogP contribution in [0.1, 0.15) is 86.0 Å². The van der Waals surface area contributed by atoms with Gasteiger partial charge in [-0.15, -0.1) is 0 Å². The van der Waals surface area contributed by atoms with Crippen LogP contribution in [0, 0.1) is 0 Å². The van der Waals surface area contributed by atoms with E-state index in [1.807, 2.05) is 13.0 Å². The first-order valence-electron chi connectivity index (χ1n) is 10.2. The van der Waals surface area contributed by atoms with Crippen molar-refractivity contribution in [3.63, 3.8) is 0 Å². The summed E-state index contributed by atoms with van der Waals surface area (Å²) in [5.74, 6) is -1.45. The number of rotatable bonds is 14. The fourth-order valence-corrected chi connectivity index (χ4v) is 2.55. The van der Waals surface area contributed by atoms with Gasteiger partial charge in [-0.25, -0.2) is 0 Å². The fourth-order valence-electron chi connectivity index (χ4n) is 2.55. The molecule has 0 aromatic heterocycles. The van der Waals surface area contributed by atoms with Crippen molar-refractivity contribution < 1.29 is 19.4 Å². The average molecular weight is 391 g/mol. The van der Waals surface area contributed by atoms with Crippen LogP contribution >= 0.6 is 0 Å². The van der Waals surface area contributed by atoms with E-state index in [4.69, 9.17) is 9.84 Å². The molecule has 0 aliphatic rings. The quantitative estimate of drug-likeness (QED) is 0.270. The Morgan fingerprint density at radius 2 is 1.14 bits per heavy atom. The van der Waals surface area contributed by atoms with E-state index in [0.717, 1.165) is 38.5 Å². The second-order valence-electron chi connectivity index (χ2n) is 7.63. The standard InChI is InChI=1S/C24H38O4/c1-19(2)9-6-10-20(3)11-7-12-21(4)13-8-14-22(5)17-18-28-24(27)16-15-23(25)26/h9,11,13,17H,6-8,10,12,14-16,18H2,1-5H3,(H,25,26)/b20-11+,21-13?,22-17-. The van der Waals surface area contributed by atoms with Crippen LogP contribution in [0.3, 0.4) is 0 Å². The Hall–Kier alpha value is -2.10. The minimum atomic E-state index is -0.986. The Bertz CT molecular complexity index is 602. The highest BCUT2D eigenvalue weighted by Gasteiger charge is 2.05. The molecule has 0 aromatic rings. The van der Waals surface area contributed by atoms with Crippen molar-refractivity contribution in [1.82, 2.24) is 0 Å². The van der Waals surface area contributed by atoms with Gasteiger partial charge < -0.3 is 9.84 Å². The SMILES string of the molecule is CC(C)=CCC/C(C)=C/CCC(C)=CCC/C(C)=C\COC(=O)CCC(=O)O. The Balaban J connectivity index is 4.01. The minimum Gasteiger partial charge on any atom is -0.481 e. The van der Waals surface area contributed by atoms with E-state index in [9.17, 15) is 9.59 Å². The Labute approximate surface area is 171 Å². The highest BCUT2D eigenvalue weighted by Crippen LogP contribution is 2.13. The van der Waals surface area contributed by atoms with Crippen LogP contribution in [-0.2, 0) is 14.3 Å². The van der Waals surface area contributed by atoms with E-state index in [1.54, 1.807) is 0 Å². The summed E-state index contributed by atoms with van der Waals surface area (Å²) in [4.78, 5) is 21.7. The summed E-state index contributed by atoms with van der Waals surface area (Å²) in [7, 11) is 0. The normalized spacial score (nSPS) is 12.7. The van der Waals surface area contributed by atoms with Crippen molar-refractivity contribution in [2.45, 2.75) is 86.0 Å². The number of carboxylic acids is 1. The van der Waals surface area contributed by atoms with Gasteiger partial charge in [0.1, 0.15) is 6.61 Å². The highest BCUT2D eigenvalue weighted by atomic mass is 16.5. The summed E-state index contributed by atoms with van der Waals surface area (Å²) in [6, 6.07) is 0. The van der Waals surface area contributed by atoms with Crippen LogP contribution in [0.15, 0.2) is 46.6 Å². The average Bonchev–Trinajstić information content (AvgIpc) is 2.59. The van der Waals surface area contributed by atoms with E-state index in [1.165, 1.54) is 22.3 Å². The molecule has 0 amide bonds. The molecule has 4 nitrogen and oxygen atoms in total. The lowest BCUT2D eigenvalue weighted by molar-refractivity contribution is -0.146. The third-order valence-electron chi connectivity index (χ3n) is 4.37. The molecule has 0 heterocycles. The van der Waals surface area contributed by atoms with Gasteiger partial charge in [0, 0.05) is 0 Å². The number of aliphatic carboxylic acids is 1. The van der Waals surface area contributed by atoms with Gasteiger partial charge in [0.05, 0.1) is 12.8 Å². The van der Waals surface area contributed by atoms with Crippen molar-refractivity contribution >= 4 is 11.9 Å². The number of hydrogen-bond donors (Lipinski definition) is 1. The van der Waals surface area contributed by atoms with E-state index in [2.05, 4.69) is 45.9 Å². The van der Waals surface area contributed by atoms with Gasteiger partial charge >= 0.3 is 11.9 Å². The molecule has 0 rings (SSSR count). The summed E-state index contributed by atoms with van der Waals surface area (Å²) in [6.45, 7) is 10.9. The van der Waals surface area contributed by atoms with Crippen molar-refractivity contribution in [3.05, 3.63) is 46.6 Å². The molecule has 0 aliphatic heterocycles. The Morgan fingerprint density at radius 3 is 1.61 bits per heavy atom. The summed E-state index contributed by atoms with van der Waals surface area (Å²) in [6.07, 6.45) is 14.9. The molecule has 158 valence electrons. The molecule has 0 fully saturated rings. The van der Waals surface area contributed by atoms with Crippen molar-refractivity contribution in [2.75, 3.05) is 6.61 Å². The van der Waals surface area contributed by atoms with E-state index in [-0.39, 0.29) is 19.4 Å². The molecule has 0 spiro atoms. The van der Waals surface area contributed by atoms with Gasteiger partial charge in [0.2, 0.25) is 0 Å². The zero-order valence-corrected chi connectivity index (χ0v) is 18.3. The molecule has 4 heteroatoms. The lowest BCUT2D eigenvalue weighted by Crippen LogP contribution is -2.07. The van der Waals surface area contributed by atoms with Gasteiger partial charge in [-0.05, 0) is 79.2 Å². The molecule has 0 saturated heterocycles. The van der Waals surface area contributed by atoms with Crippen LogP contribution in [0.5, 0.6) is 0 Å². The molecule has 0 aliphatic carbocycles. The van der Waals surface area contributed by atoms with Crippen LogP contribution in [0.25, 0.3) is 0 Å². The predicted molar refractivity (Wildman–Crippen MR) is 116 cm³/mol. The number of carboxylic acid groups (broad SMARTS) is 1. The first-order chi connectivity index (χ1) is 13.2. The fraction of sp³-hybridized carbons (Fsp3) is 0.583.